The lowest BCUT2D eigenvalue weighted by Crippen LogP contribution is -3.16. The Bertz CT molecular complexity index is 711. The molecule has 0 radical (unpaired) electrons. The summed E-state index contributed by atoms with van der Waals surface area (Å²) < 4.78 is 6.22. The van der Waals surface area contributed by atoms with Gasteiger partial charge >= 0.3 is 0 Å². The van der Waals surface area contributed by atoms with E-state index in [4.69, 9.17) is 4.74 Å². The number of ether oxygens (including phenoxy) is 1. The molecule has 2 atom stereocenters. The third kappa shape index (κ3) is 4.83. The molecule has 1 saturated carbocycles. The van der Waals surface area contributed by atoms with Crippen molar-refractivity contribution in [2.24, 2.45) is 0 Å². The molecule has 1 aliphatic rings. The fourth-order valence-corrected chi connectivity index (χ4v) is 3.30. The van der Waals surface area contributed by atoms with Crippen LogP contribution in [0.1, 0.15) is 25.3 Å². The summed E-state index contributed by atoms with van der Waals surface area (Å²) in [7, 11) is 1.67. The number of hydrogen-bond donors (Lipinski definition) is 2. The van der Waals surface area contributed by atoms with Gasteiger partial charge in [0, 0.05) is 28.6 Å². The minimum Gasteiger partial charge on any atom is -0.497 e. The molecule has 2 N–H and O–H groups in total. The molecule has 0 aliphatic heterocycles. The molecule has 25 heavy (non-hydrogen) atoms. The van der Waals surface area contributed by atoms with Crippen LogP contribution in [0.2, 0.25) is 0 Å². The van der Waals surface area contributed by atoms with Gasteiger partial charge in [0.05, 0.1) is 13.2 Å². The Hall–Kier alpha value is -1.85. The van der Waals surface area contributed by atoms with Gasteiger partial charge in [-0.15, -0.1) is 0 Å². The lowest BCUT2D eigenvalue weighted by molar-refractivity contribution is -0.938. The molecule has 3 rings (SSSR count). The highest BCUT2D eigenvalue weighted by Gasteiger charge is 2.39. The van der Waals surface area contributed by atoms with E-state index in [9.17, 15) is 4.79 Å². The molecule has 1 amide bonds. The Morgan fingerprint density at radius 3 is 2.40 bits per heavy atom. The minimum absolute atomic E-state index is 0.0673. The summed E-state index contributed by atoms with van der Waals surface area (Å²) in [5.74, 6) is 0.926. The van der Waals surface area contributed by atoms with Crippen molar-refractivity contribution in [2.45, 2.75) is 38.4 Å². The van der Waals surface area contributed by atoms with Crippen molar-refractivity contribution in [3.63, 3.8) is 0 Å². The quantitative estimate of drug-likeness (QED) is 0.745. The number of anilines is 1. The molecule has 0 spiro atoms. The monoisotopic (exact) mass is 403 g/mol. The van der Waals surface area contributed by atoms with Crippen LogP contribution in [0.3, 0.4) is 0 Å². The number of hydrogen-bond acceptors (Lipinski definition) is 2. The van der Waals surface area contributed by atoms with Gasteiger partial charge in [-0.3, -0.25) is 4.79 Å². The first-order valence-corrected chi connectivity index (χ1v) is 9.41. The van der Waals surface area contributed by atoms with Gasteiger partial charge in [-0.2, -0.15) is 0 Å². The first kappa shape index (κ1) is 18.0. The largest absolute Gasteiger partial charge is 0.497 e. The van der Waals surface area contributed by atoms with Crippen LogP contribution < -0.4 is 15.0 Å². The fourth-order valence-electron chi connectivity index (χ4n) is 3.04. The van der Waals surface area contributed by atoms with Crippen LogP contribution >= 0.6 is 15.9 Å². The Morgan fingerprint density at radius 1 is 1.20 bits per heavy atom. The predicted octanol–water partition coefficient (Wildman–Crippen LogP) is 3.03. The molecule has 0 aromatic heterocycles. The maximum absolute atomic E-state index is 12.7. The lowest BCUT2D eigenvalue weighted by Gasteiger charge is -2.25. The van der Waals surface area contributed by atoms with Gasteiger partial charge in [0.15, 0.2) is 6.04 Å². The number of quaternary nitrogens is 1. The summed E-state index contributed by atoms with van der Waals surface area (Å²) in [6.07, 6.45) is 2.39. The van der Waals surface area contributed by atoms with Crippen molar-refractivity contribution < 1.29 is 14.4 Å². The van der Waals surface area contributed by atoms with E-state index in [0.717, 1.165) is 22.5 Å². The molecule has 2 aromatic rings. The summed E-state index contributed by atoms with van der Waals surface area (Å²) in [4.78, 5) is 14.0. The molecule has 2 aromatic carbocycles. The molecule has 0 bridgehead atoms. The topological polar surface area (TPSA) is 42.8 Å². The Balaban J connectivity index is 1.66. The van der Waals surface area contributed by atoms with Crippen LogP contribution in [0.4, 0.5) is 5.69 Å². The molecule has 0 saturated heterocycles. The third-order valence-electron chi connectivity index (χ3n) is 4.73. The minimum atomic E-state index is -0.0988. The fraction of sp³-hybridized carbons (Fsp3) is 0.350. The summed E-state index contributed by atoms with van der Waals surface area (Å²) in [5.41, 5.74) is 2.06. The van der Waals surface area contributed by atoms with E-state index >= 15 is 0 Å². The van der Waals surface area contributed by atoms with Crippen molar-refractivity contribution in [2.75, 3.05) is 12.4 Å². The number of carbonyl (C=O) groups excluding carboxylic acids is 1. The lowest BCUT2D eigenvalue weighted by atomic mass is 10.1. The van der Waals surface area contributed by atoms with E-state index in [2.05, 4.69) is 33.4 Å². The van der Waals surface area contributed by atoms with Gasteiger partial charge in [-0.25, -0.2) is 0 Å². The smallest absolute Gasteiger partial charge is 0.282 e. The molecule has 1 unspecified atom stereocenters. The molecule has 4 nitrogen and oxygen atoms in total. The van der Waals surface area contributed by atoms with Crippen LogP contribution in [0.25, 0.3) is 0 Å². The number of halogens is 1. The molecule has 1 aliphatic carbocycles. The highest BCUT2D eigenvalue weighted by Crippen LogP contribution is 2.18. The molecular formula is C20H24BrN2O2+. The Morgan fingerprint density at radius 2 is 1.84 bits per heavy atom. The number of benzene rings is 2. The van der Waals surface area contributed by atoms with Gasteiger partial charge in [0.1, 0.15) is 12.3 Å². The van der Waals surface area contributed by atoms with Crippen molar-refractivity contribution >= 4 is 27.5 Å². The number of carbonyl (C=O) groups is 1. The van der Waals surface area contributed by atoms with E-state index in [1.807, 2.05) is 43.3 Å². The normalized spacial score (nSPS) is 16.1. The van der Waals surface area contributed by atoms with Crippen LogP contribution in [0.5, 0.6) is 5.75 Å². The van der Waals surface area contributed by atoms with E-state index in [1.165, 1.54) is 23.3 Å². The van der Waals surface area contributed by atoms with Crippen molar-refractivity contribution in [1.82, 2.24) is 0 Å². The summed E-state index contributed by atoms with van der Waals surface area (Å²) in [5, 5.41) is 3.04. The highest BCUT2D eigenvalue weighted by molar-refractivity contribution is 9.10. The average molecular weight is 404 g/mol. The van der Waals surface area contributed by atoms with E-state index in [1.54, 1.807) is 7.11 Å². The number of rotatable bonds is 7. The maximum Gasteiger partial charge on any atom is 0.282 e. The second-order valence-electron chi connectivity index (χ2n) is 6.59. The first-order valence-electron chi connectivity index (χ1n) is 8.62. The maximum atomic E-state index is 12.7. The zero-order valence-corrected chi connectivity index (χ0v) is 16.2. The van der Waals surface area contributed by atoms with Crippen LogP contribution in [-0.4, -0.2) is 25.1 Å². The second-order valence-corrected chi connectivity index (χ2v) is 7.51. The van der Waals surface area contributed by atoms with Crippen molar-refractivity contribution in [1.29, 1.82) is 0 Å². The molecule has 5 heteroatoms. The van der Waals surface area contributed by atoms with Crippen LogP contribution in [-0.2, 0) is 11.3 Å². The van der Waals surface area contributed by atoms with Gasteiger partial charge in [0.25, 0.3) is 5.91 Å². The molecule has 132 valence electrons. The van der Waals surface area contributed by atoms with Gasteiger partial charge in [-0.1, -0.05) is 15.9 Å². The number of nitrogens with one attached hydrogen (secondary N) is 2. The average Bonchev–Trinajstić information content (AvgIpc) is 3.46. The SMILES string of the molecule is COc1ccc(C[NH+](C2CC2)[C@H](C)C(=O)Nc2ccc(Br)cc2)cc1. The molecule has 0 heterocycles. The van der Waals surface area contributed by atoms with Crippen LogP contribution in [0.15, 0.2) is 53.0 Å². The van der Waals surface area contributed by atoms with E-state index in [0.29, 0.717) is 6.04 Å². The van der Waals surface area contributed by atoms with Gasteiger partial charge < -0.3 is 15.0 Å². The van der Waals surface area contributed by atoms with Crippen LogP contribution in [0, 0.1) is 0 Å². The first-order chi connectivity index (χ1) is 12.1. The van der Waals surface area contributed by atoms with E-state index < -0.39 is 0 Å². The van der Waals surface area contributed by atoms with Crippen molar-refractivity contribution in [3.8, 4) is 5.75 Å². The second kappa shape index (κ2) is 8.02. The van der Waals surface area contributed by atoms with Gasteiger partial charge in [-0.05, 0) is 55.5 Å². The summed E-state index contributed by atoms with van der Waals surface area (Å²) in [6, 6.07) is 16.3. The Labute approximate surface area is 157 Å². The summed E-state index contributed by atoms with van der Waals surface area (Å²) in [6.45, 7) is 2.87. The zero-order chi connectivity index (χ0) is 17.8. The van der Waals surface area contributed by atoms with E-state index in [-0.39, 0.29) is 11.9 Å². The Kier molecular flexibility index (Phi) is 5.76. The number of methoxy groups -OCH3 is 1. The molecular weight excluding hydrogens is 380 g/mol. The van der Waals surface area contributed by atoms with Crippen molar-refractivity contribution in [3.05, 3.63) is 58.6 Å². The number of amides is 1. The molecule has 1 fully saturated rings. The standard InChI is InChI=1S/C20H23BrN2O2/c1-14(20(24)22-17-7-5-16(21)6-8-17)23(18-9-10-18)13-15-3-11-19(25-2)12-4-15/h3-8,11-12,14,18H,9-10,13H2,1-2H3,(H,22,24)/p+1/t14-/m1/s1. The third-order valence-corrected chi connectivity index (χ3v) is 5.26. The zero-order valence-electron chi connectivity index (χ0n) is 14.6. The summed E-state index contributed by atoms with van der Waals surface area (Å²) >= 11 is 3.41. The van der Waals surface area contributed by atoms with Gasteiger partial charge in [0.2, 0.25) is 0 Å². The predicted molar refractivity (Wildman–Crippen MR) is 103 cm³/mol. The highest BCUT2D eigenvalue weighted by atomic mass is 79.9.